The van der Waals surface area contributed by atoms with Crippen molar-refractivity contribution >= 4 is 23.5 Å². The molecular formula is C18H18N4OS. The summed E-state index contributed by atoms with van der Waals surface area (Å²) in [4.78, 5) is 0. The van der Waals surface area contributed by atoms with Gasteiger partial charge in [0.25, 0.3) is 0 Å². The van der Waals surface area contributed by atoms with Crippen LogP contribution in [0, 0.1) is 0 Å². The van der Waals surface area contributed by atoms with Gasteiger partial charge >= 0.3 is 0 Å². The van der Waals surface area contributed by atoms with Crippen LogP contribution in [-0.2, 0) is 0 Å². The molecule has 5 nitrogen and oxygen atoms in total. The second-order valence-corrected chi connectivity index (χ2v) is 6.41. The Morgan fingerprint density at radius 1 is 1.17 bits per heavy atom. The third-order valence-electron chi connectivity index (χ3n) is 3.69. The molecule has 1 aliphatic heterocycles. The van der Waals surface area contributed by atoms with Crippen LogP contribution in [0.4, 0.5) is 11.5 Å². The summed E-state index contributed by atoms with van der Waals surface area (Å²) < 4.78 is 7.39. The number of benzene rings is 2. The van der Waals surface area contributed by atoms with Crippen molar-refractivity contribution in [3.8, 4) is 17.0 Å². The molecule has 24 heavy (non-hydrogen) atoms. The molecule has 122 valence electrons. The lowest BCUT2D eigenvalue weighted by molar-refractivity contribution is 0.340. The van der Waals surface area contributed by atoms with E-state index in [4.69, 9.17) is 4.74 Å². The van der Waals surface area contributed by atoms with E-state index in [1.165, 1.54) is 0 Å². The van der Waals surface area contributed by atoms with Crippen molar-refractivity contribution in [2.75, 3.05) is 17.2 Å². The summed E-state index contributed by atoms with van der Waals surface area (Å²) >= 11 is 1.61. The van der Waals surface area contributed by atoms with Crippen LogP contribution < -0.4 is 15.4 Å². The van der Waals surface area contributed by atoms with Gasteiger partial charge < -0.3 is 15.4 Å². The highest BCUT2D eigenvalue weighted by atomic mass is 32.2. The first-order valence-electron chi connectivity index (χ1n) is 7.90. The number of hydrogen-bond donors (Lipinski definition) is 2. The molecule has 3 aromatic rings. The second kappa shape index (κ2) is 6.49. The highest BCUT2D eigenvalue weighted by Crippen LogP contribution is 2.33. The number of nitrogens with zero attached hydrogens (tertiary/aromatic N) is 2. The average Bonchev–Trinajstić information content (AvgIpc) is 3.16. The van der Waals surface area contributed by atoms with Crippen LogP contribution in [0.25, 0.3) is 11.3 Å². The Morgan fingerprint density at radius 2 is 1.96 bits per heavy atom. The maximum atomic E-state index is 5.46. The van der Waals surface area contributed by atoms with Gasteiger partial charge in [-0.1, -0.05) is 30.3 Å². The summed E-state index contributed by atoms with van der Waals surface area (Å²) in [6.45, 7) is 2.66. The molecule has 2 N–H and O–H groups in total. The molecule has 0 aliphatic carbocycles. The highest BCUT2D eigenvalue weighted by molar-refractivity contribution is 7.98. The summed E-state index contributed by atoms with van der Waals surface area (Å²) in [6.07, 6.45) is 0. The number of rotatable bonds is 5. The van der Waals surface area contributed by atoms with Gasteiger partial charge in [-0.25, -0.2) is 0 Å². The molecule has 0 amide bonds. The first kappa shape index (κ1) is 15.0. The summed E-state index contributed by atoms with van der Waals surface area (Å²) in [7, 11) is 0. The maximum Gasteiger partial charge on any atom is 0.168 e. The molecular weight excluding hydrogens is 320 g/mol. The Labute approximate surface area is 145 Å². The van der Waals surface area contributed by atoms with Gasteiger partial charge in [0.15, 0.2) is 5.50 Å². The Kier molecular flexibility index (Phi) is 4.04. The van der Waals surface area contributed by atoms with E-state index in [0.717, 1.165) is 28.5 Å². The summed E-state index contributed by atoms with van der Waals surface area (Å²) in [6, 6.07) is 20.2. The first-order chi connectivity index (χ1) is 11.8. The second-order valence-electron chi connectivity index (χ2n) is 5.39. The minimum absolute atomic E-state index is 0.0512. The predicted molar refractivity (Wildman–Crippen MR) is 99.3 cm³/mol. The Balaban J connectivity index is 1.42. The maximum absolute atomic E-state index is 5.46. The van der Waals surface area contributed by atoms with E-state index in [-0.39, 0.29) is 5.50 Å². The summed E-state index contributed by atoms with van der Waals surface area (Å²) in [5.41, 5.74) is 3.19. The first-order valence-corrected chi connectivity index (χ1v) is 8.74. The number of ether oxygens (including phenoxy) is 1. The van der Waals surface area contributed by atoms with E-state index in [9.17, 15) is 0 Å². The molecule has 1 aliphatic rings. The van der Waals surface area contributed by atoms with Crippen molar-refractivity contribution in [1.82, 2.24) is 9.19 Å². The van der Waals surface area contributed by atoms with E-state index in [0.29, 0.717) is 6.61 Å². The van der Waals surface area contributed by atoms with Gasteiger partial charge in [0.2, 0.25) is 0 Å². The van der Waals surface area contributed by atoms with Gasteiger partial charge in [0.05, 0.1) is 12.3 Å². The molecule has 0 bridgehead atoms. The quantitative estimate of drug-likeness (QED) is 0.728. The monoisotopic (exact) mass is 338 g/mol. The topological polar surface area (TPSA) is 51.1 Å². The van der Waals surface area contributed by atoms with Gasteiger partial charge in [0, 0.05) is 29.3 Å². The van der Waals surface area contributed by atoms with Crippen LogP contribution in [-0.4, -0.2) is 21.3 Å². The lowest BCUT2D eigenvalue weighted by Crippen LogP contribution is -2.21. The van der Waals surface area contributed by atoms with E-state index in [1.807, 2.05) is 53.5 Å². The Hall–Kier alpha value is -2.60. The molecule has 0 saturated carbocycles. The molecule has 0 fully saturated rings. The fourth-order valence-electron chi connectivity index (χ4n) is 2.58. The van der Waals surface area contributed by atoms with Gasteiger partial charge in [-0.15, -0.1) is 0 Å². The molecule has 2 heterocycles. The minimum atomic E-state index is 0.0512. The van der Waals surface area contributed by atoms with Crippen molar-refractivity contribution in [2.24, 2.45) is 0 Å². The van der Waals surface area contributed by atoms with Crippen LogP contribution in [0.2, 0.25) is 0 Å². The van der Waals surface area contributed by atoms with E-state index in [2.05, 4.69) is 33.9 Å². The van der Waals surface area contributed by atoms with Crippen molar-refractivity contribution in [3.63, 3.8) is 0 Å². The van der Waals surface area contributed by atoms with Crippen molar-refractivity contribution in [3.05, 3.63) is 60.7 Å². The Morgan fingerprint density at radius 3 is 2.67 bits per heavy atom. The summed E-state index contributed by atoms with van der Waals surface area (Å²) in [5, 5.41) is 11.5. The van der Waals surface area contributed by atoms with Crippen LogP contribution in [0.3, 0.4) is 0 Å². The minimum Gasteiger partial charge on any atom is -0.494 e. The third-order valence-corrected chi connectivity index (χ3v) is 4.62. The van der Waals surface area contributed by atoms with Crippen molar-refractivity contribution in [1.29, 1.82) is 0 Å². The van der Waals surface area contributed by atoms with Crippen LogP contribution >= 0.6 is 11.9 Å². The number of anilines is 2. The van der Waals surface area contributed by atoms with Crippen LogP contribution in [0.15, 0.2) is 60.7 Å². The SMILES string of the molecule is CCOc1ccc(N[C@H]2Nc3cc(-c4ccccc4)nn3S2)cc1. The third kappa shape index (κ3) is 3.05. The lowest BCUT2D eigenvalue weighted by Gasteiger charge is -2.13. The molecule has 0 saturated heterocycles. The standard InChI is InChI=1S/C18H18N4OS/c1-2-23-15-10-8-14(9-11-15)19-18-20-17-12-16(21-22(17)24-18)13-6-4-3-5-7-13/h3-12,18-20H,2H2,1H3/t18-/m0/s1. The molecule has 1 atom stereocenters. The predicted octanol–water partition coefficient (Wildman–Crippen LogP) is 4.27. The fraction of sp³-hybridized carbons (Fsp3) is 0.167. The number of aromatic nitrogens is 2. The molecule has 0 spiro atoms. The fourth-order valence-corrected chi connectivity index (χ4v) is 3.50. The molecule has 6 heteroatoms. The highest BCUT2D eigenvalue weighted by Gasteiger charge is 2.23. The molecule has 0 unspecified atom stereocenters. The average molecular weight is 338 g/mol. The van der Waals surface area contributed by atoms with Crippen LogP contribution in [0.1, 0.15) is 6.92 Å². The molecule has 0 radical (unpaired) electrons. The van der Waals surface area contributed by atoms with Crippen molar-refractivity contribution < 1.29 is 4.74 Å². The summed E-state index contributed by atoms with van der Waals surface area (Å²) in [5.74, 6) is 1.89. The number of hydrogen-bond acceptors (Lipinski definition) is 5. The number of nitrogens with one attached hydrogen (secondary N) is 2. The van der Waals surface area contributed by atoms with Gasteiger partial charge in [-0.3, -0.25) is 0 Å². The van der Waals surface area contributed by atoms with E-state index < -0.39 is 0 Å². The van der Waals surface area contributed by atoms with Gasteiger partial charge in [-0.2, -0.15) is 9.19 Å². The zero-order valence-electron chi connectivity index (χ0n) is 13.3. The number of fused-ring (bicyclic) bond motifs is 1. The zero-order valence-corrected chi connectivity index (χ0v) is 14.1. The van der Waals surface area contributed by atoms with Gasteiger partial charge in [0.1, 0.15) is 11.6 Å². The van der Waals surface area contributed by atoms with E-state index in [1.54, 1.807) is 11.9 Å². The molecule has 1 aromatic heterocycles. The van der Waals surface area contributed by atoms with Crippen molar-refractivity contribution in [2.45, 2.75) is 12.4 Å². The molecule has 2 aromatic carbocycles. The molecule has 4 rings (SSSR count). The van der Waals surface area contributed by atoms with Crippen LogP contribution in [0.5, 0.6) is 5.75 Å². The Bertz CT molecular complexity index is 793. The van der Waals surface area contributed by atoms with E-state index >= 15 is 0 Å². The van der Waals surface area contributed by atoms with Gasteiger partial charge in [-0.05, 0) is 31.2 Å². The normalized spacial score (nSPS) is 15.6. The lowest BCUT2D eigenvalue weighted by atomic mass is 10.2. The smallest absolute Gasteiger partial charge is 0.168 e. The zero-order chi connectivity index (χ0) is 16.4. The largest absolute Gasteiger partial charge is 0.494 e.